The number of benzene rings is 1. The van der Waals surface area contributed by atoms with Gasteiger partial charge >= 0.3 is 0 Å². The summed E-state index contributed by atoms with van der Waals surface area (Å²) in [5.41, 5.74) is 3.83. The highest BCUT2D eigenvalue weighted by molar-refractivity contribution is 7.13. The van der Waals surface area contributed by atoms with Gasteiger partial charge in [-0.1, -0.05) is 25.5 Å². The Labute approximate surface area is 183 Å². The van der Waals surface area contributed by atoms with Crippen molar-refractivity contribution >= 4 is 23.1 Å². The van der Waals surface area contributed by atoms with Crippen molar-refractivity contribution in [1.82, 2.24) is 19.7 Å². The topological polar surface area (TPSA) is 92.7 Å². The van der Waals surface area contributed by atoms with Crippen molar-refractivity contribution in [1.29, 1.82) is 0 Å². The lowest BCUT2D eigenvalue weighted by Gasteiger charge is -2.10. The fourth-order valence-corrected chi connectivity index (χ4v) is 3.91. The lowest BCUT2D eigenvalue weighted by atomic mass is 10.1. The molecule has 0 aliphatic rings. The van der Waals surface area contributed by atoms with E-state index in [-0.39, 0.29) is 17.4 Å². The van der Waals surface area contributed by atoms with Crippen LogP contribution in [-0.2, 0) is 6.42 Å². The van der Waals surface area contributed by atoms with Gasteiger partial charge in [-0.25, -0.2) is 4.98 Å². The minimum atomic E-state index is -0.256. The Morgan fingerprint density at radius 2 is 2.00 bits per heavy atom. The standard InChI is InChI=1S/C23H23N5O2S/c1-4-6-17-12-21(29)26-23(24-17)28-20(13-18(27-28)19-7-5-10-31-19)25-22(30)16-9-8-14(2)15(3)11-16/h5,7-13H,4,6H2,1-3H3,(H,25,30)(H,24,26,29). The number of anilines is 1. The number of aromatic amines is 1. The highest BCUT2D eigenvalue weighted by Gasteiger charge is 2.17. The number of hydrogen-bond acceptors (Lipinski definition) is 5. The second kappa shape index (κ2) is 8.69. The van der Waals surface area contributed by atoms with Gasteiger partial charge in [-0.05, 0) is 55.0 Å². The van der Waals surface area contributed by atoms with Gasteiger partial charge in [0.05, 0.1) is 4.88 Å². The van der Waals surface area contributed by atoms with Crippen molar-refractivity contribution in [2.24, 2.45) is 0 Å². The molecule has 0 saturated heterocycles. The first-order chi connectivity index (χ1) is 14.9. The minimum absolute atomic E-state index is 0.256. The molecule has 31 heavy (non-hydrogen) atoms. The Kier molecular flexibility index (Phi) is 5.81. The molecular formula is C23H23N5O2S. The molecule has 8 heteroatoms. The van der Waals surface area contributed by atoms with Crippen molar-refractivity contribution in [3.05, 3.63) is 80.6 Å². The van der Waals surface area contributed by atoms with Crippen LogP contribution in [0.15, 0.2) is 52.6 Å². The summed E-state index contributed by atoms with van der Waals surface area (Å²) in [7, 11) is 0. The third kappa shape index (κ3) is 4.49. The molecular weight excluding hydrogens is 410 g/mol. The fraction of sp³-hybridized carbons (Fsp3) is 0.217. The van der Waals surface area contributed by atoms with Crippen molar-refractivity contribution in [3.8, 4) is 16.5 Å². The van der Waals surface area contributed by atoms with E-state index in [0.29, 0.717) is 29.2 Å². The summed E-state index contributed by atoms with van der Waals surface area (Å²) in [6.07, 6.45) is 1.55. The number of amides is 1. The van der Waals surface area contributed by atoms with E-state index in [1.165, 1.54) is 10.7 Å². The van der Waals surface area contributed by atoms with Gasteiger partial charge in [0.25, 0.3) is 11.5 Å². The Bertz CT molecular complexity index is 1290. The number of H-pyrrole nitrogens is 1. The van der Waals surface area contributed by atoms with E-state index in [9.17, 15) is 9.59 Å². The predicted molar refractivity (Wildman–Crippen MR) is 123 cm³/mol. The van der Waals surface area contributed by atoms with Crippen LogP contribution in [0.3, 0.4) is 0 Å². The third-order valence-electron chi connectivity index (χ3n) is 4.98. The summed E-state index contributed by atoms with van der Waals surface area (Å²) < 4.78 is 1.48. The Morgan fingerprint density at radius 1 is 1.16 bits per heavy atom. The van der Waals surface area contributed by atoms with E-state index in [0.717, 1.165) is 22.4 Å². The molecule has 0 spiro atoms. The number of aromatic nitrogens is 4. The second-order valence-corrected chi connectivity index (χ2v) is 8.32. The molecule has 3 aromatic heterocycles. The van der Waals surface area contributed by atoms with Crippen LogP contribution in [0.25, 0.3) is 16.5 Å². The molecule has 0 aliphatic carbocycles. The molecule has 4 aromatic rings. The molecule has 0 unspecified atom stereocenters. The maximum atomic E-state index is 13.0. The molecule has 4 rings (SSSR count). The smallest absolute Gasteiger partial charge is 0.256 e. The van der Waals surface area contributed by atoms with Crippen LogP contribution in [0.2, 0.25) is 0 Å². The summed E-state index contributed by atoms with van der Waals surface area (Å²) >= 11 is 1.55. The molecule has 158 valence electrons. The molecule has 0 saturated carbocycles. The van der Waals surface area contributed by atoms with E-state index in [1.54, 1.807) is 23.5 Å². The molecule has 1 amide bonds. The number of nitrogens with zero attached hydrogens (tertiary/aromatic N) is 3. The largest absolute Gasteiger partial charge is 0.306 e. The van der Waals surface area contributed by atoms with Crippen molar-refractivity contribution in [2.45, 2.75) is 33.6 Å². The van der Waals surface area contributed by atoms with Crippen molar-refractivity contribution in [3.63, 3.8) is 0 Å². The maximum Gasteiger partial charge on any atom is 0.256 e. The Balaban J connectivity index is 1.77. The van der Waals surface area contributed by atoms with Crippen LogP contribution in [0.4, 0.5) is 5.82 Å². The van der Waals surface area contributed by atoms with E-state index < -0.39 is 0 Å². The first-order valence-electron chi connectivity index (χ1n) is 10.1. The van der Waals surface area contributed by atoms with Crippen LogP contribution < -0.4 is 10.9 Å². The number of aryl methyl sites for hydroxylation is 3. The Hall–Kier alpha value is -3.52. The van der Waals surface area contributed by atoms with Gasteiger partial charge in [0.2, 0.25) is 5.95 Å². The number of carbonyl (C=O) groups excluding carboxylic acids is 1. The van der Waals surface area contributed by atoms with Gasteiger partial charge in [0, 0.05) is 23.4 Å². The van der Waals surface area contributed by atoms with Gasteiger partial charge in [-0.3, -0.25) is 14.6 Å². The fourth-order valence-electron chi connectivity index (χ4n) is 3.23. The minimum Gasteiger partial charge on any atom is -0.306 e. The van der Waals surface area contributed by atoms with Crippen LogP contribution in [0.5, 0.6) is 0 Å². The lowest BCUT2D eigenvalue weighted by molar-refractivity contribution is 0.102. The maximum absolute atomic E-state index is 13.0. The van der Waals surface area contributed by atoms with Gasteiger partial charge < -0.3 is 5.32 Å². The molecule has 0 radical (unpaired) electrons. The predicted octanol–water partition coefficient (Wildman–Crippen LogP) is 4.51. The summed E-state index contributed by atoms with van der Waals surface area (Å²) in [6.45, 7) is 6.00. The summed E-state index contributed by atoms with van der Waals surface area (Å²) in [5, 5.41) is 9.51. The molecule has 3 heterocycles. The lowest BCUT2D eigenvalue weighted by Crippen LogP contribution is -2.19. The zero-order chi connectivity index (χ0) is 22.0. The monoisotopic (exact) mass is 433 g/mol. The number of thiophene rings is 1. The summed E-state index contributed by atoms with van der Waals surface area (Å²) in [6, 6.07) is 12.7. The van der Waals surface area contributed by atoms with Gasteiger partial charge in [0.1, 0.15) is 11.5 Å². The SMILES string of the molecule is CCCc1cc(=O)[nH]c(-n2nc(-c3cccs3)cc2NC(=O)c2ccc(C)c(C)c2)n1. The van der Waals surface area contributed by atoms with E-state index in [2.05, 4.69) is 20.4 Å². The molecule has 0 atom stereocenters. The zero-order valence-electron chi connectivity index (χ0n) is 17.6. The number of rotatable bonds is 6. The quantitative estimate of drug-likeness (QED) is 0.468. The molecule has 0 bridgehead atoms. The molecule has 2 N–H and O–H groups in total. The normalized spacial score (nSPS) is 10.9. The third-order valence-corrected chi connectivity index (χ3v) is 5.88. The van der Waals surface area contributed by atoms with Gasteiger partial charge in [-0.15, -0.1) is 11.3 Å². The van der Waals surface area contributed by atoms with Crippen LogP contribution >= 0.6 is 11.3 Å². The van der Waals surface area contributed by atoms with E-state index >= 15 is 0 Å². The number of nitrogens with one attached hydrogen (secondary N) is 2. The zero-order valence-corrected chi connectivity index (χ0v) is 18.4. The summed E-state index contributed by atoms with van der Waals surface area (Å²) in [5.74, 6) is 0.451. The number of hydrogen-bond donors (Lipinski definition) is 2. The molecule has 7 nitrogen and oxygen atoms in total. The van der Waals surface area contributed by atoms with Gasteiger partial charge in [0.15, 0.2) is 0 Å². The average molecular weight is 434 g/mol. The second-order valence-electron chi connectivity index (χ2n) is 7.37. The molecule has 0 aliphatic heterocycles. The average Bonchev–Trinajstić information content (AvgIpc) is 3.40. The first-order valence-corrected chi connectivity index (χ1v) is 11.0. The highest BCUT2D eigenvalue weighted by Crippen LogP contribution is 2.27. The first kappa shape index (κ1) is 20.7. The van der Waals surface area contributed by atoms with Crippen LogP contribution in [0.1, 0.15) is 40.5 Å². The van der Waals surface area contributed by atoms with Crippen molar-refractivity contribution < 1.29 is 4.79 Å². The molecule has 1 aromatic carbocycles. The van der Waals surface area contributed by atoms with Crippen LogP contribution in [0, 0.1) is 13.8 Å². The Morgan fingerprint density at radius 3 is 2.71 bits per heavy atom. The molecule has 0 fully saturated rings. The number of carbonyl (C=O) groups is 1. The highest BCUT2D eigenvalue weighted by atomic mass is 32.1. The van der Waals surface area contributed by atoms with Crippen LogP contribution in [-0.4, -0.2) is 25.7 Å². The van der Waals surface area contributed by atoms with Gasteiger partial charge in [-0.2, -0.15) is 9.78 Å². The van der Waals surface area contributed by atoms with E-state index in [4.69, 9.17) is 0 Å². The van der Waals surface area contributed by atoms with E-state index in [1.807, 2.05) is 50.4 Å². The summed E-state index contributed by atoms with van der Waals surface area (Å²) in [4.78, 5) is 33.4. The van der Waals surface area contributed by atoms with Crippen molar-refractivity contribution in [2.75, 3.05) is 5.32 Å².